The molecule has 0 saturated heterocycles. The zero-order valence-corrected chi connectivity index (χ0v) is 13.3. The number of nitrogens with two attached hydrogens (primary N) is 1. The Morgan fingerprint density at radius 1 is 1.33 bits per heavy atom. The van der Waals surface area contributed by atoms with Crippen LogP contribution in [0.4, 0.5) is 5.69 Å². The zero-order chi connectivity index (χ0) is 15.2. The standard InChI is InChI=1S/C18H27N3/c1-14(2)9-10-21(17-5-3-4-6-17)18-8-7-15(12-19)11-16(18)13-20/h7-8,11,14,17H,3-6,9-10,12,19H2,1-2H3. The average molecular weight is 285 g/mol. The minimum absolute atomic E-state index is 0.490. The number of anilines is 1. The summed E-state index contributed by atoms with van der Waals surface area (Å²) in [6.07, 6.45) is 6.29. The van der Waals surface area contributed by atoms with Crippen molar-refractivity contribution in [2.24, 2.45) is 11.7 Å². The Balaban J connectivity index is 2.28. The molecule has 114 valence electrons. The first-order valence-corrected chi connectivity index (χ1v) is 8.15. The summed E-state index contributed by atoms with van der Waals surface area (Å²) in [5.74, 6) is 0.683. The first kappa shape index (κ1) is 15.9. The van der Waals surface area contributed by atoms with E-state index >= 15 is 0 Å². The molecule has 0 spiro atoms. The van der Waals surface area contributed by atoms with Crippen molar-refractivity contribution in [3.8, 4) is 6.07 Å². The zero-order valence-electron chi connectivity index (χ0n) is 13.3. The maximum atomic E-state index is 9.49. The van der Waals surface area contributed by atoms with E-state index < -0.39 is 0 Å². The molecule has 2 rings (SSSR count). The van der Waals surface area contributed by atoms with E-state index in [1.54, 1.807) is 0 Å². The fourth-order valence-corrected chi connectivity index (χ4v) is 3.16. The number of nitrogens with zero attached hydrogens (tertiary/aromatic N) is 2. The van der Waals surface area contributed by atoms with Gasteiger partial charge in [-0.2, -0.15) is 5.26 Å². The molecular weight excluding hydrogens is 258 g/mol. The molecule has 1 fully saturated rings. The second-order valence-electron chi connectivity index (χ2n) is 6.48. The molecule has 1 saturated carbocycles. The predicted octanol–water partition coefficient (Wildman–Crippen LogP) is 3.81. The maximum absolute atomic E-state index is 9.49. The van der Waals surface area contributed by atoms with Gasteiger partial charge < -0.3 is 10.6 Å². The monoisotopic (exact) mass is 285 g/mol. The first-order chi connectivity index (χ1) is 10.2. The topological polar surface area (TPSA) is 53.0 Å². The van der Waals surface area contributed by atoms with Gasteiger partial charge in [-0.3, -0.25) is 0 Å². The van der Waals surface area contributed by atoms with E-state index in [4.69, 9.17) is 5.73 Å². The summed E-state index contributed by atoms with van der Waals surface area (Å²) in [4.78, 5) is 2.48. The Morgan fingerprint density at radius 2 is 2.05 bits per heavy atom. The number of hydrogen-bond acceptors (Lipinski definition) is 3. The number of rotatable bonds is 6. The van der Waals surface area contributed by atoms with Gasteiger partial charge >= 0.3 is 0 Å². The van der Waals surface area contributed by atoms with Gasteiger partial charge in [-0.15, -0.1) is 0 Å². The lowest BCUT2D eigenvalue weighted by atomic mass is 10.0. The highest BCUT2D eigenvalue weighted by Gasteiger charge is 2.24. The van der Waals surface area contributed by atoms with Crippen LogP contribution in [-0.2, 0) is 6.54 Å². The van der Waals surface area contributed by atoms with E-state index in [0.29, 0.717) is 18.5 Å². The first-order valence-electron chi connectivity index (χ1n) is 8.15. The Labute approximate surface area is 128 Å². The lowest BCUT2D eigenvalue weighted by Gasteiger charge is -2.32. The lowest BCUT2D eigenvalue weighted by Crippen LogP contribution is -2.35. The molecule has 0 bridgehead atoms. The van der Waals surface area contributed by atoms with Crippen molar-refractivity contribution in [2.45, 2.75) is 58.5 Å². The van der Waals surface area contributed by atoms with Crippen LogP contribution < -0.4 is 10.6 Å². The quantitative estimate of drug-likeness (QED) is 0.864. The highest BCUT2D eigenvalue weighted by atomic mass is 15.2. The van der Waals surface area contributed by atoms with E-state index in [9.17, 15) is 5.26 Å². The van der Waals surface area contributed by atoms with Crippen molar-refractivity contribution >= 4 is 5.69 Å². The Bertz CT molecular complexity index is 496. The van der Waals surface area contributed by atoms with Crippen LogP contribution in [0, 0.1) is 17.2 Å². The van der Waals surface area contributed by atoms with Crippen molar-refractivity contribution in [3.05, 3.63) is 29.3 Å². The molecule has 2 N–H and O–H groups in total. The second kappa shape index (κ2) is 7.47. The Hall–Kier alpha value is -1.53. The fraction of sp³-hybridized carbons (Fsp3) is 0.611. The molecule has 21 heavy (non-hydrogen) atoms. The van der Waals surface area contributed by atoms with Gasteiger partial charge in [0.05, 0.1) is 11.3 Å². The summed E-state index contributed by atoms with van der Waals surface area (Å²) in [5, 5.41) is 9.49. The van der Waals surface area contributed by atoms with Gasteiger partial charge in [0.2, 0.25) is 0 Å². The molecule has 0 unspecified atom stereocenters. The predicted molar refractivity (Wildman–Crippen MR) is 88.1 cm³/mol. The molecule has 0 aliphatic heterocycles. The van der Waals surface area contributed by atoms with Crippen molar-refractivity contribution in [2.75, 3.05) is 11.4 Å². The van der Waals surface area contributed by atoms with Crippen LogP contribution in [0.25, 0.3) is 0 Å². The van der Waals surface area contributed by atoms with Crippen LogP contribution >= 0.6 is 0 Å². The van der Waals surface area contributed by atoms with Crippen LogP contribution in [0.3, 0.4) is 0 Å². The second-order valence-corrected chi connectivity index (χ2v) is 6.48. The van der Waals surface area contributed by atoms with E-state index in [1.165, 1.54) is 32.1 Å². The summed E-state index contributed by atoms with van der Waals surface area (Å²) in [6.45, 7) is 6.05. The third-order valence-electron chi connectivity index (χ3n) is 4.44. The minimum atomic E-state index is 0.490. The molecule has 3 nitrogen and oxygen atoms in total. The van der Waals surface area contributed by atoms with Gasteiger partial charge in [-0.05, 0) is 42.9 Å². The van der Waals surface area contributed by atoms with Gasteiger partial charge in [-0.1, -0.05) is 32.8 Å². The Kier molecular flexibility index (Phi) is 5.64. The van der Waals surface area contributed by atoms with Gasteiger partial charge in [0.25, 0.3) is 0 Å². The van der Waals surface area contributed by atoms with Crippen LogP contribution in [0.1, 0.15) is 57.1 Å². The summed E-state index contributed by atoms with van der Waals surface area (Å²) < 4.78 is 0. The average Bonchev–Trinajstić information content (AvgIpc) is 3.01. The maximum Gasteiger partial charge on any atom is 0.101 e. The largest absolute Gasteiger partial charge is 0.367 e. The van der Waals surface area contributed by atoms with Crippen LogP contribution in [-0.4, -0.2) is 12.6 Å². The normalized spacial score (nSPS) is 15.4. The van der Waals surface area contributed by atoms with E-state index in [2.05, 4.69) is 36.9 Å². The lowest BCUT2D eigenvalue weighted by molar-refractivity contribution is 0.528. The molecule has 1 aliphatic carbocycles. The van der Waals surface area contributed by atoms with Crippen molar-refractivity contribution in [1.29, 1.82) is 5.26 Å². The molecule has 0 amide bonds. The molecule has 3 heteroatoms. The van der Waals surface area contributed by atoms with Gasteiger partial charge in [0.15, 0.2) is 0 Å². The van der Waals surface area contributed by atoms with Crippen LogP contribution in [0.5, 0.6) is 0 Å². The number of hydrogen-bond donors (Lipinski definition) is 1. The van der Waals surface area contributed by atoms with Crippen molar-refractivity contribution in [1.82, 2.24) is 0 Å². The van der Waals surface area contributed by atoms with E-state index in [0.717, 1.165) is 23.4 Å². The summed E-state index contributed by atoms with van der Waals surface area (Å²) >= 11 is 0. The Morgan fingerprint density at radius 3 is 2.62 bits per heavy atom. The highest BCUT2D eigenvalue weighted by Crippen LogP contribution is 2.31. The fourth-order valence-electron chi connectivity index (χ4n) is 3.16. The summed E-state index contributed by atoms with van der Waals surface area (Å²) in [7, 11) is 0. The van der Waals surface area contributed by atoms with Crippen LogP contribution in [0.2, 0.25) is 0 Å². The SMILES string of the molecule is CC(C)CCN(c1ccc(CN)cc1C#N)C1CCCC1. The van der Waals surface area contributed by atoms with E-state index in [-0.39, 0.29) is 0 Å². The van der Waals surface area contributed by atoms with Gasteiger partial charge in [-0.25, -0.2) is 0 Å². The van der Waals surface area contributed by atoms with E-state index in [1.807, 2.05) is 6.07 Å². The number of nitriles is 1. The van der Waals surface area contributed by atoms with Gasteiger partial charge in [0.1, 0.15) is 6.07 Å². The molecule has 0 radical (unpaired) electrons. The van der Waals surface area contributed by atoms with Crippen molar-refractivity contribution < 1.29 is 0 Å². The van der Waals surface area contributed by atoms with Crippen LogP contribution in [0.15, 0.2) is 18.2 Å². The summed E-state index contributed by atoms with van der Waals surface area (Å²) in [6, 6.07) is 9.07. The third-order valence-corrected chi connectivity index (χ3v) is 4.44. The van der Waals surface area contributed by atoms with Crippen molar-refractivity contribution in [3.63, 3.8) is 0 Å². The highest BCUT2D eigenvalue weighted by molar-refractivity contribution is 5.61. The minimum Gasteiger partial charge on any atom is -0.367 e. The molecule has 1 aromatic rings. The molecule has 1 aromatic carbocycles. The number of benzene rings is 1. The summed E-state index contributed by atoms with van der Waals surface area (Å²) in [5.41, 5.74) is 8.60. The molecule has 0 heterocycles. The molecule has 0 atom stereocenters. The smallest absolute Gasteiger partial charge is 0.101 e. The third kappa shape index (κ3) is 3.98. The molecule has 0 aromatic heterocycles. The molecule has 1 aliphatic rings. The molecular formula is C18H27N3. The van der Waals surface area contributed by atoms with Gasteiger partial charge in [0, 0.05) is 19.1 Å².